The second kappa shape index (κ2) is 11.2. The molecule has 4 rings (SSSR count). The molecule has 0 spiro atoms. The van der Waals surface area contributed by atoms with Crippen molar-refractivity contribution in [2.75, 3.05) is 20.0 Å². The highest BCUT2D eigenvalue weighted by molar-refractivity contribution is 7.99. The van der Waals surface area contributed by atoms with Crippen molar-refractivity contribution in [3.8, 4) is 34.3 Å². The Balaban J connectivity index is 1.54. The molecule has 0 atom stereocenters. The lowest BCUT2D eigenvalue weighted by atomic mass is 10.2. The van der Waals surface area contributed by atoms with E-state index in [1.165, 1.54) is 18.0 Å². The number of hydrogen-bond donors (Lipinski definition) is 2. The number of hydrazone groups is 1. The van der Waals surface area contributed by atoms with Gasteiger partial charge in [0.1, 0.15) is 17.2 Å². The van der Waals surface area contributed by atoms with E-state index in [4.69, 9.17) is 9.47 Å². The maximum Gasteiger partial charge on any atom is 0.250 e. The number of benzene rings is 3. The van der Waals surface area contributed by atoms with Crippen LogP contribution in [0.2, 0.25) is 0 Å². The third-order valence-electron chi connectivity index (χ3n) is 4.97. The number of aromatic hydroxyl groups is 1. The van der Waals surface area contributed by atoms with Crippen molar-refractivity contribution in [1.29, 1.82) is 0 Å². The average Bonchev–Trinajstić information content (AvgIpc) is 3.32. The van der Waals surface area contributed by atoms with Gasteiger partial charge in [-0.2, -0.15) is 5.10 Å². The topological polar surface area (TPSA) is 111 Å². The van der Waals surface area contributed by atoms with Gasteiger partial charge in [0.25, 0.3) is 5.91 Å². The fraction of sp³-hybridized carbons (Fsp3) is 0.120. The van der Waals surface area contributed by atoms with Crippen molar-refractivity contribution >= 4 is 23.9 Å². The molecule has 1 heterocycles. The molecule has 0 unspecified atom stereocenters. The van der Waals surface area contributed by atoms with Gasteiger partial charge in [0.2, 0.25) is 0 Å². The zero-order valence-corrected chi connectivity index (χ0v) is 19.9. The molecule has 35 heavy (non-hydrogen) atoms. The van der Waals surface area contributed by atoms with E-state index in [0.29, 0.717) is 16.5 Å². The van der Waals surface area contributed by atoms with Gasteiger partial charge in [-0.25, -0.2) is 5.43 Å². The second-order valence-corrected chi connectivity index (χ2v) is 8.15. The number of hydrogen-bond acceptors (Lipinski definition) is 8. The van der Waals surface area contributed by atoms with Gasteiger partial charge in [0.15, 0.2) is 11.0 Å². The van der Waals surface area contributed by atoms with E-state index in [2.05, 4.69) is 20.7 Å². The molecule has 4 aromatic rings. The number of thioether (sulfide) groups is 1. The summed E-state index contributed by atoms with van der Waals surface area (Å²) in [4.78, 5) is 12.4. The molecule has 1 amide bonds. The number of ether oxygens (including phenoxy) is 2. The van der Waals surface area contributed by atoms with Gasteiger partial charge in [-0.15, -0.1) is 10.2 Å². The summed E-state index contributed by atoms with van der Waals surface area (Å²) in [6.45, 7) is 0. The van der Waals surface area contributed by atoms with Crippen LogP contribution in [0.25, 0.3) is 17.1 Å². The smallest absolute Gasteiger partial charge is 0.250 e. The summed E-state index contributed by atoms with van der Waals surface area (Å²) in [7, 11) is 3.22. The molecule has 0 bridgehead atoms. The first-order valence-electron chi connectivity index (χ1n) is 10.6. The Morgan fingerprint density at radius 3 is 2.31 bits per heavy atom. The van der Waals surface area contributed by atoms with E-state index in [-0.39, 0.29) is 17.4 Å². The number of para-hydroxylation sites is 1. The van der Waals surface area contributed by atoms with E-state index in [0.717, 1.165) is 22.7 Å². The normalized spacial score (nSPS) is 10.9. The van der Waals surface area contributed by atoms with Gasteiger partial charge in [-0.05, 0) is 60.7 Å². The predicted octanol–water partition coefficient (Wildman–Crippen LogP) is 3.90. The van der Waals surface area contributed by atoms with E-state index in [1.807, 2.05) is 53.1 Å². The fourth-order valence-corrected chi connectivity index (χ4v) is 3.93. The highest BCUT2D eigenvalue weighted by atomic mass is 32.2. The highest BCUT2D eigenvalue weighted by Gasteiger charge is 2.17. The number of nitrogens with one attached hydrogen (secondary N) is 1. The van der Waals surface area contributed by atoms with Gasteiger partial charge < -0.3 is 14.6 Å². The average molecular weight is 490 g/mol. The minimum absolute atomic E-state index is 0.0645. The second-order valence-electron chi connectivity index (χ2n) is 7.21. The van der Waals surface area contributed by atoms with Crippen LogP contribution in [0.5, 0.6) is 17.2 Å². The van der Waals surface area contributed by atoms with Crippen LogP contribution in [0.1, 0.15) is 5.56 Å². The summed E-state index contributed by atoms with van der Waals surface area (Å²) in [6.07, 6.45) is 1.39. The molecule has 0 aliphatic heterocycles. The Labute approximate surface area is 206 Å². The maximum atomic E-state index is 12.4. The van der Waals surface area contributed by atoms with Crippen molar-refractivity contribution in [2.24, 2.45) is 5.10 Å². The Kier molecular flexibility index (Phi) is 7.63. The fourth-order valence-electron chi connectivity index (χ4n) is 3.19. The number of rotatable bonds is 9. The van der Waals surface area contributed by atoms with Crippen LogP contribution in [0.3, 0.4) is 0 Å². The van der Waals surface area contributed by atoms with Crippen LogP contribution in [-0.2, 0) is 4.79 Å². The Morgan fingerprint density at radius 1 is 1.00 bits per heavy atom. The van der Waals surface area contributed by atoms with Gasteiger partial charge in [0.05, 0.1) is 26.2 Å². The quantitative estimate of drug-likeness (QED) is 0.208. The van der Waals surface area contributed by atoms with Gasteiger partial charge in [-0.3, -0.25) is 9.36 Å². The van der Waals surface area contributed by atoms with Gasteiger partial charge >= 0.3 is 0 Å². The third kappa shape index (κ3) is 5.79. The molecule has 2 N–H and O–H groups in total. The highest BCUT2D eigenvalue weighted by Crippen LogP contribution is 2.29. The molecule has 178 valence electrons. The van der Waals surface area contributed by atoms with E-state index in [9.17, 15) is 9.90 Å². The maximum absolute atomic E-state index is 12.4. The first kappa shape index (κ1) is 23.8. The van der Waals surface area contributed by atoms with Crippen LogP contribution in [0.4, 0.5) is 0 Å². The molecule has 9 nitrogen and oxygen atoms in total. The largest absolute Gasteiger partial charge is 0.507 e. The Bertz CT molecular complexity index is 1320. The summed E-state index contributed by atoms with van der Waals surface area (Å²) < 4.78 is 12.4. The molecule has 10 heteroatoms. The van der Waals surface area contributed by atoms with Gasteiger partial charge in [-0.1, -0.05) is 23.9 Å². The van der Waals surface area contributed by atoms with E-state index < -0.39 is 0 Å². The van der Waals surface area contributed by atoms with Crippen LogP contribution in [0, 0.1) is 0 Å². The summed E-state index contributed by atoms with van der Waals surface area (Å²) in [5.41, 5.74) is 4.63. The molecule has 0 radical (unpaired) electrons. The standard InChI is InChI=1S/C25H23N5O4S/c1-33-20-11-7-17(8-12-20)24-28-29-25(30(24)19-9-13-21(34-2)14-10-19)35-16-23(32)27-26-15-18-5-3-4-6-22(18)31/h3-15,31H,16H2,1-2H3,(H,27,32)/b26-15-. The lowest BCUT2D eigenvalue weighted by Crippen LogP contribution is -2.20. The number of aromatic nitrogens is 3. The zero-order chi connectivity index (χ0) is 24.6. The number of phenolic OH excluding ortho intramolecular Hbond substituents is 1. The van der Waals surface area contributed by atoms with Crippen molar-refractivity contribution in [2.45, 2.75) is 5.16 Å². The molecular formula is C25H23N5O4S. The molecule has 0 aliphatic rings. The first-order chi connectivity index (χ1) is 17.1. The Morgan fingerprint density at radius 2 is 1.66 bits per heavy atom. The Hall–Kier alpha value is -4.31. The number of methoxy groups -OCH3 is 2. The number of phenols is 1. The monoisotopic (exact) mass is 489 g/mol. The van der Waals surface area contributed by atoms with Crippen LogP contribution >= 0.6 is 11.8 Å². The summed E-state index contributed by atoms with van der Waals surface area (Å²) in [5.74, 6) is 1.91. The molecule has 3 aromatic carbocycles. The van der Waals surface area contributed by atoms with Crippen LogP contribution in [0.15, 0.2) is 83.1 Å². The number of amides is 1. The van der Waals surface area contributed by atoms with E-state index in [1.54, 1.807) is 38.5 Å². The lowest BCUT2D eigenvalue weighted by Gasteiger charge is -2.11. The minimum Gasteiger partial charge on any atom is -0.507 e. The summed E-state index contributed by atoms with van der Waals surface area (Å²) >= 11 is 1.23. The molecule has 0 aliphatic carbocycles. The third-order valence-corrected chi connectivity index (χ3v) is 5.90. The number of nitrogens with zero attached hydrogens (tertiary/aromatic N) is 4. The number of carbonyl (C=O) groups excluding carboxylic acids is 1. The summed E-state index contributed by atoms with van der Waals surface area (Å²) in [6, 6.07) is 21.7. The van der Waals surface area contributed by atoms with Crippen molar-refractivity contribution in [3.63, 3.8) is 0 Å². The van der Waals surface area contributed by atoms with Crippen molar-refractivity contribution in [1.82, 2.24) is 20.2 Å². The first-order valence-corrected chi connectivity index (χ1v) is 11.5. The molecule has 1 aromatic heterocycles. The number of carbonyl (C=O) groups is 1. The minimum atomic E-state index is -0.322. The molecular weight excluding hydrogens is 466 g/mol. The zero-order valence-electron chi connectivity index (χ0n) is 19.1. The van der Waals surface area contributed by atoms with Gasteiger partial charge in [0, 0.05) is 16.8 Å². The van der Waals surface area contributed by atoms with E-state index >= 15 is 0 Å². The van der Waals surface area contributed by atoms with Crippen molar-refractivity contribution < 1.29 is 19.4 Å². The summed E-state index contributed by atoms with van der Waals surface area (Å²) in [5, 5.41) is 23.0. The van der Waals surface area contributed by atoms with Crippen LogP contribution < -0.4 is 14.9 Å². The van der Waals surface area contributed by atoms with Crippen molar-refractivity contribution in [3.05, 3.63) is 78.4 Å². The lowest BCUT2D eigenvalue weighted by molar-refractivity contribution is -0.118. The predicted molar refractivity (Wildman–Crippen MR) is 134 cm³/mol. The molecule has 0 fully saturated rings. The van der Waals surface area contributed by atoms with Crippen LogP contribution in [-0.4, -0.2) is 52.0 Å². The SMILES string of the molecule is COc1ccc(-c2nnc(SCC(=O)N/N=C\c3ccccc3O)n2-c2ccc(OC)cc2)cc1. The molecule has 0 saturated heterocycles. The molecule has 0 saturated carbocycles.